The van der Waals surface area contributed by atoms with Gasteiger partial charge in [-0.2, -0.15) is 0 Å². The van der Waals surface area contributed by atoms with Crippen LogP contribution in [0.1, 0.15) is 39.1 Å². The first-order chi connectivity index (χ1) is 12.9. The van der Waals surface area contributed by atoms with Crippen LogP contribution in [0.15, 0.2) is 48.5 Å². The second-order valence-electron chi connectivity index (χ2n) is 6.81. The van der Waals surface area contributed by atoms with Gasteiger partial charge in [0, 0.05) is 29.9 Å². The average molecular weight is 366 g/mol. The minimum absolute atomic E-state index is 0.115. The fourth-order valence-electron chi connectivity index (χ4n) is 3.20. The van der Waals surface area contributed by atoms with Crippen LogP contribution in [0.2, 0.25) is 0 Å². The first-order valence-corrected chi connectivity index (χ1v) is 8.94. The summed E-state index contributed by atoms with van der Waals surface area (Å²) in [5, 5.41) is 11.9. The molecule has 1 aliphatic rings. The summed E-state index contributed by atoms with van der Waals surface area (Å²) in [6.07, 6.45) is 0.956. The van der Waals surface area contributed by atoms with Crippen molar-refractivity contribution in [3.05, 3.63) is 65.2 Å². The number of benzene rings is 2. The van der Waals surface area contributed by atoms with Gasteiger partial charge in [-0.3, -0.25) is 14.4 Å². The third kappa shape index (κ3) is 4.53. The molecule has 140 valence electrons. The number of nitrogens with zero attached hydrogens (tertiary/aromatic N) is 1. The van der Waals surface area contributed by atoms with E-state index >= 15 is 0 Å². The molecule has 0 radical (unpaired) electrons. The second-order valence-corrected chi connectivity index (χ2v) is 6.81. The molecular weight excluding hydrogens is 344 g/mol. The monoisotopic (exact) mass is 366 g/mol. The molecule has 0 bridgehead atoms. The van der Waals surface area contributed by atoms with E-state index in [1.807, 2.05) is 25.1 Å². The number of nitrogens with one attached hydrogen (secondary N) is 1. The standard InChI is InChI=1S/C21H22N2O4/c1-14-3-2-4-17(13-14)19(24)22-18-7-5-15(6-8-18)20(25)23-11-9-16(10-12-23)21(26)27/h2-8,13,16H,9-12H2,1H3,(H,22,24)(H,26,27). The van der Waals surface area contributed by atoms with Gasteiger partial charge in [0.05, 0.1) is 5.92 Å². The predicted octanol–water partition coefficient (Wildman–Crippen LogP) is 3.18. The Morgan fingerprint density at radius 1 is 1.00 bits per heavy atom. The number of anilines is 1. The molecule has 27 heavy (non-hydrogen) atoms. The lowest BCUT2D eigenvalue weighted by atomic mass is 9.96. The summed E-state index contributed by atoms with van der Waals surface area (Å²) in [6.45, 7) is 2.82. The van der Waals surface area contributed by atoms with E-state index < -0.39 is 5.97 Å². The minimum atomic E-state index is -0.796. The molecule has 0 atom stereocenters. The number of piperidine rings is 1. The smallest absolute Gasteiger partial charge is 0.306 e. The predicted molar refractivity (Wildman–Crippen MR) is 102 cm³/mol. The van der Waals surface area contributed by atoms with Crippen molar-refractivity contribution in [1.82, 2.24) is 4.90 Å². The Hall–Kier alpha value is -3.15. The summed E-state index contributed by atoms with van der Waals surface area (Å²) >= 11 is 0. The number of aryl methyl sites for hydroxylation is 1. The topological polar surface area (TPSA) is 86.7 Å². The van der Waals surface area contributed by atoms with E-state index in [-0.39, 0.29) is 17.7 Å². The average Bonchev–Trinajstić information content (AvgIpc) is 2.68. The van der Waals surface area contributed by atoms with E-state index in [9.17, 15) is 14.4 Å². The SMILES string of the molecule is Cc1cccc(C(=O)Nc2ccc(C(=O)N3CCC(C(=O)O)CC3)cc2)c1. The van der Waals surface area contributed by atoms with Gasteiger partial charge in [0.1, 0.15) is 0 Å². The molecule has 1 fully saturated rings. The molecular formula is C21H22N2O4. The normalized spacial score (nSPS) is 14.6. The molecule has 1 saturated heterocycles. The maximum Gasteiger partial charge on any atom is 0.306 e. The Bertz CT molecular complexity index is 853. The third-order valence-electron chi connectivity index (χ3n) is 4.80. The van der Waals surface area contributed by atoms with Crippen LogP contribution in [0, 0.1) is 12.8 Å². The highest BCUT2D eigenvalue weighted by atomic mass is 16.4. The van der Waals surface area contributed by atoms with Crippen LogP contribution < -0.4 is 5.32 Å². The van der Waals surface area contributed by atoms with E-state index in [0.29, 0.717) is 42.7 Å². The summed E-state index contributed by atoms with van der Waals surface area (Å²) in [6, 6.07) is 14.1. The van der Waals surface area contributed by atoms with Gasteiger partial charge in [-0.25, -0.2) is 0 Å². The molecule has 0 spiro atoms. The Morgan fingerprint density at radius 3 is 2.26 bits per heavy atom. The van der Waals surface area contributed by atoms with Gasteiger partial charge < -0.3 is 15.3 Å². The van der Waals surface area contributed by atoms with Gasteiger partial charge in [-0.15, -0.1) is 0 Å². The number of amides is 2. The van der Waals surface area contributed by atoms with Crippen LogP contribution in [0.5, 0.6) is 0 Å². The highest BCUT2D eigenvalue weighted by Crippen LogP contribution is 2.20. The lowest BCUT2D eigenvalue weighted by Crippen LogP contribution is -2.40. The zero-order valence-electron chi connectivity index (χ0n) is 15.1. The van der Waals surface area contributed by atoms with Gasteiger partial charge in [-0.05, 0) is 56.2 Å². The maximum atomic E-state index is 12.6. The van der Waals surface area contributed by atoms with E-state index in [2.05, 4.69) is 5.32 Å². The van der Waals surface area contributed by atoms with Crippen LogP contribution in [0.25, 0.3) is 0 Å². The van der Waals surface area contributed by atoms with Gasteiger partial charge >= 0.3 is 5.97 Å². The number of carbonyl (C=O) groups is 3. The second kappa shape index (κ2) is 8.03. The van der Waals surface area contributed by atoms with Crippen molar-refractivity contribution in [2.75, 3.05) is 18.4 Å². The zero-order chi connectivity index (χ0) is 19.4. The van der Waals surface area contributed by atoms with Crippen LogP contribution >= 0.6 is 0 Å². The number of carboxylic acid groups (broad SMARTS) is 1. The molecule has 1 heterocycles. The van der Waals surface area contributed by atoms with Gasteiger partial charge in [-0.1, -0.05) is 17.7 Å². The van der Waals surface area contributed by atoms with Crippen molar-refractivity contribution in [2.45, 2.75) is 19.8 Å². The molecule has 0 unspecified atom stereocenters. The lowest BCUT2D eigenvalue weighted by molar-refractivity contribution is -0.143. The largest absolute Gasteiger partial charge is 0.481 e. The van der Waals surface area contributed by atoms with Gasteiger partial charge in [0.2, 0.25) is 0 Å². The molecule has 2 amide bonds. The quantitative estimate of drug-likeness (QED) is 0.870. The van der Waals surface area contributed by atoms with Crippen LogP contribution in [0.4, 0.5) is 5.69 Å². The van der Waals surface area contributed by atoms with E-state index in [1.54, 1.807) is 35.2 Å². The van der Waals surface area contributed by atoms with Gasteiger partial charge in [0.15, 0.2) is 0 Å². The molecule has 0 aromatic heterocycles. The minimum Gasteiger partial charge on any atom is -0.481 e. The van der Waals surface area contributed by atoms with E-state index in [0.717, 1.165) is 5.56 Å². The molecule has 0 saturated carbocycles. The number of hydrogen-bond donors (Lipinski definition) is 2. The van der Waals surface area contributed by atoms with Crippen LogP contribution in [-0.4, -0.2) is 40.9 Å². The van der Waals surface area contributed by atoms with Crippen molar-refractivity contribution in [1.29, 1.82) is 0 Å². The number of likely N-dealkylation sites (tertiary alicyclic amines) is 1. The molecule has 6 nitrogen and oxygen atoms in total. The number of aliphatic carboxylic acids is 1. The summed E-state index contributed by atoms with van der Waals surface area (Å²) in [4.78, 5) is 37.5. The Kier molecular flexibility index (Phi) is 5.54. The van der Waals surface area contributed by atoms with Crippen molar-refractivity contribution >= 4 is 23.5 Å². The summed E-state index contributed by atoms with van der Waals surface area (Å²) < 4.78 is 0. The Morgan fingerprint density at radius 2 is 1.67 bits per heavy atom. The van der Waals surface area contributed by atoms with Crippen molar-refractivity contribution in [3.63, 3.8) is 0 Å². The van der Waals surface area contributed by atoms with E-state index in [1.165, 1.54) is 0 Å². The van der Waals surface area contributed by atoms with Crippen molar-refractivity contribution < 1.29 is 19.5 Å². The zero-order valence-corrected chi connectivity index (χ0v) is 15.1. The van der Waals surface area contributed by atoms with Gasteiger partial charge in [0.25, 0.3) is 11.8 Å². The maximum absolute atomic E-state index is 12.6. The van der Waals surface area contributed by atoms with Crippen LogP contribution in [-0.2, 0) is 4.79 Å². The summed E-state index contributed by atoms with van der Waals surface area (Å²) in [7, 11) is 0. The Balaban J connectivity index is 1.61. The van der Waals surface area contributed by atoms with Crippen molar-refractivity contribution in [3.8, 4) is 0 Å². The summed E-state index contributed by atoms with van der Waals surface area (Å²) in [5.74, 6) is -1.48. The fourth-order valence-corrected chi connectivity index (χ4v) is 3.20. The molecule has 2 aromatic carbocycles. The molecule has 2 aromatic rings. The summed E-state index contributed by atoms with van der Waals surface area (Å²) in [5.41, 5.74) is 2.73. The van der Waals surface area contributed by atoms with Crippen LogP contribution in [0.3, 0.4) is 0 Å². The number of carboxylic acids is 1. The first kappa shape index (κ1) is 18.6. The molecule has 2 N–H and O–H groups in total. The first-order valence-electron chi connectivity index (χ1n) is 8.94. The van der Waals surface area contributed by atoms with E-state index in [4.69, 9.17) is 5.11 Å². The molecule has 6 heteroatoms. The number of rotatable bonds is 4. The lowest BCUT2D eigenvalue weighted by Gasteiger charge is -2.30. The fraction of sp³-hybridized carbons (Fsp3) is 0.286. The molecule has 0 aliphatic carbocycles. The molecule has 1 aliphatic heterocycles. The van der Waals surface area contributed by atoms with Crippen molar-refractivity contribution in [2.24, 2.45) is 5.92 Å². The Labute approximate surface area is 157 Å². The number of hydrogen-bond acceptors (Lipinski definition) is 3. The highest BCUT2D eigenvalue weighted by molar-refractivity contribution is 6.04. The third-order valence-corrected chi connectivity index (χ3v) is 4.80. The molecule has 3 rings (SSSR count). The number of carbonyl (C=O) groups excluding carboxylic acids is 2. The highest BCUT2D eigenvalue weighted by Gasteiger charge is 2.27.